The van der Waals surface area contributed by atoms with E-state index in [9.17, 15) is 18.0 Å². The molecule has 1 aromatic heterocycles. The van der Waals surface area contributed by atoms with E-state index in [-0.39, 0.29) is 17.0 Å². The van der Waals surface area contributed by atoms with Crippen LogP contribution in [0.15, 0.2) is 22.7 Å². The number of aromatic amines is 1. The number of carbonyl (C=O) groups is 1. The molecule has 0 bridgehead atoms. The molecule has 1 aromatic carbocycles. The zero-order valence-corrected chi connectivity index (χ0v) is 10.7. The summed E-state index contributed by atoms with van der Waals surface area (Å²) in [6, 6.07) is 3.34. The number of halogens is 4. The fraction of sp³-hybridized carbons (Fsp3) is 0.100. The first kappa shape index (κ1) is 13.5. The van der Waals surface area contributed by atoms with Crippen molar-refractivity contribution in [3.63, 3.8) is 0 Å². The molecule has 9 heteroatoms. The number of amides is 1. The van der Waals surface area contributed by atoms with E-state index in [2.05, 4.69) is 31.3 Å². The van der Waals surface area contributed by atoms with Gasteiger partial charge in [0.05, 0.1) is 5.56 Å². The highest BCUT2D eigenvalue weighted by Crippen LogP contribution is 2.38. The Labute approximate surface area is 113 Å². The maximum absolute atomic E-state index is 12.9. The lowest BCUT2D eigenvalue weighted by molar-refractivity contribution is -0.137. The van der Waals surface area contributed by atoms with Gasteiger partial charge < -0.3 is 5.73 Å². The van der Waals surface area contributed by atoms with E-state index < -0.39 is 17.6 Å². The number of carbonyl (C=O) groups excluding carboxylic acids is 1. The Kier molecular flexibility index (Phi) is 3.31. The lowest BCUT2D eigenvalue weighted by Gasteiger charge is -2.11. The SMILES string of the molecule is NC(=O)c1n[nH]nc1-c1cc(Br)ccc1C(F)(F)F. The standard InChI is InChI=1S/C10H6BrF3N4O/c11-4-1-2-6(10(12,13)14)5(3-4)7-8(9(15)19)17-18-16-7/h1-3H,(H2,15,19)(H,16,17,18). The molecule has 0 saturated carbocycles. The van der Waals surface area contributed by atoms with Gasteiger partial charge in [-0.25, -0.2) is 0 Å². The zero-order valence-electron chi connectivity index (χ0n) is 9.12. The third kappa shape index (κ3) is 2.60. The molecular weight excluding hydrogens is 329 g/mol. The Balaban J connectivity index is 2.70. The van der Waals surface area contributed by atoms with Gasteiger partial charge in [-0.2, -0.15) is 28.6 Å². The van der Waals surface area contributed by atoms with E-state index in [1.54, 1.807) is 0 Å². The van der Waals surface area contributed by atoms with Crippen molar-refractivity contribution in [3.8, 4) is 11.3 Å². The van der Waals surface area contributed by atoms with Crippen LogP contribution in [-0.2, 0) is 6.18 Å². The van der Waals surface area contributed by atoms with E-state index in [4.69, 9.17) is 5.73 Å². The van der Waals surface area contributed by atoms with Crippen LogP contribution >= 0.6 is 15.9 Å². The topological polar surface area (TPSA) is 84.7 Å². The number of aromatic nitrogens is 3. The summed E-state index contributed by atoms with van der Waals surface area (Å²) < 4.78 is 39.2. The fourth-order valence-corrected chi connectivity index (χ4v) is 1.91. The van der Waals surface area contributed by atoms with Gasteiger partial charge in [0.2, 0.25) is 0 Å². The molecule has 2 aromatic rings. The summed E-state index contributed by atoms with van der Waals surface area (Å²) in [6.45, 7) is 0. The maximum Gasteiger partial charge on any atom is 0.417 e. The monoisotopic (exact) mass is 334 g/mol. The van der Waals surface area contributed by atoms with Crippen molar-refractivity contribution < 1.29 is 18.0 Å². The third-order valence-corrected chi connectivity index (χ3v) is 2.82. The molecule has 1 amide bonds. The Morgan fingerprint density at radius 1 is 1.32 bits per heavy atom. The van der Waals surface area contributed by atoms with Gasteiger partial charge in [-0.05, 0) is 18.2 Å². The Morgan fingerprint density at radius 3 is 2.58 bits per heavy atom. The largest absolute Gasteiger partial charge is 0.417 e. The number of rotatable bonds is 2. The molecule has 0 aliphatic heterocycles. The number of nitrogens with one attached hydrogen (secondary N) is 1. The minimum Gasteiger partial charge on any atom is -0.364 e. The summed E-state index contributed by atoms with van der Waals surface area (Å²) in [7, 11) is 0. The molecule has 0 spiro atoms. The molecular formula is C10H6BrF3N4O. The average Bonchev–Trinajstić information content (AvgIpc) is 2.75. The summed E-state index contributed by atoms with van der Waals surface area (Å²) >= 11 is 3.07. The highest BCUT2D eigenvalue weighted by atomic mass is 79.9. The summed E-state index contributed by atoms with van der Waals surface area (Å²) in [5.41, 5.74) is 3.26. The maximum atomic E-state index is 12.9. The summed E-state index contributed by atoms with van der Waals surface area (Å²) in [5, 5.41) is 9.11. The van der Waals surface area contributed by atoms with Gasteiger partial charge in [0.15, 0.2) is 5.69 Å². The van der Waals surface area contributed by atoms with Crippen LogP contribution in [0.4, 0.5) is 13.2 Å². The number of primary amides is 1. The molecule has 100 valence electrons. The predicted octanol–water partition coefficient (Wildman–Crippen LogP) is 2.35. The lowest BCUT2D eigenvalue weighted by atomic mass is 10.0. The quantitative estimate of drug-likeness (QED) is 0.884. The van der Waals surface area contributed by atoms with Gasteiger partial charge in [0, 0.05) is 10.0 Å². The predicted molar refractivity (Wildman–Crippen MR) is 63.0 cm³/mol. The second kappa shape index (κ2) is 4.65. The average molecular weight is 335 g/mol. The van der Waals surface area contributed by atoms with Crippen LogP contribution in [0.1, 0.15) is 16.1 Å². The van der Waals surface area contributed by atoms with Crippen LogP contribution in [0.25, 0.3) is 11.3 Å². The van der Waals surface area contributed by atoms with Crippen molar-refractivity contribution in [2.45, 2.75) is 6.18 Å². The first-order valence-electron chi connectivity index (χ1n) is 4.88. The highest BCUT2D eigenvalue weighted by Gasteiger charge is 2.35. The number of nitrogens with two attached hydrogens (primary N) is 1. The number of hydrogen-bond donors (Lipinski definition) is 2. The molecule has 1 heterocycles. The van der Waals surface area contributed by atoms with Crippen LogP contribution in [-0.4, -0.2) is 21.3 Å². The fourth-order valence-electron chi connectivity index (χ4n) is 1.55. The summed E-state index contributed by atoms with van der Waals surface area (Å²) in [4.78, 5) is 11.1. The van der Waals surface area contributed by atoms with Gasteiger partial charge in [0.25, 0.3) is 5.91 Å². The smallest absolute Gasteiger partial charge is 0.364 e. The molecule has 3 N–H and O–H groups in total. The number of benzene rings is 1. The van der Waals surface area contributed by atoms with Gasteiger partial charge >= 0.3 is 6.18 Å². The molecule has 0 atom stereocenters. The normalized spacial score (nSPS) is 11.6. The number of H-pyrrole nitrogens is 1. The van der Waals surface area contributed by atoms with E-state index >= 15 is 0 Å². The van der Waals surface area contributed by atoms with E-state index in [1.165, 1.54) is 12.1 Å². The van der Waals surface area contributed by atoms with Crippen LogP contribution in [0.5, 0.6) is 0 Å². The molecule has 2 rings (SSSR count). The van der Waals surface area contributed by atoms with Crippen molar-refractivity contribution >= 4 is 21.8 Å². The molecule has 0 unspecified atom stereocenters. The van der Waals surface area contributed by atoms with E-state index in [0.717, 1.165) is 6.07 Å². The zero-order chi connectivity index (χ0) is 14.2. The second-order valence-corrected chi connectivity index (χ2v) is 4.49. The number of hydrogen-bond acceptors (Lipinski definition) is 3. The molecule has 0 radical (unpaired) electrons. The second-order valence-electron chi connectivity index (χ2n) is 3.57. The molecule has 19 heavy (non-hydrogen) atoms. The van der Waals surface area contributed by atoms with Crippen molar-refractivity contribution in [2.24, 2.45) is 5.73 Å². The van der Waals surface area contributed by atoms with Crippen molar-refractivity contribution in [2.75, 3.05) is 0 Å². The van der Waals surface area contributed by atoms with E-state index in [1.807, 2.05) is 0 Å². The van der Waals surface area contributed by atoms with Crippen LogP contribution in [0, 0.1) is 0 Å². The molecule has 5 nitrogen and oxygen atoms in total. The van der Waals surface area contributed by atoms with Crippen molar-refractivity contribution in [3.05, 3.63) is 33.9 Å². The van der Waals surface area contributed by atoms with Crippen molar-refractivity contribution in [1.82, 2.24) is 15.4 Å². The highest BCUT2D eigenvalue weighted by molar-refractivity contribution is 9.10. The van der Waals surface area contributed by atoms with Gasteiger partial charge in [-0.3, -0.25) is 4.79 Å². The first-order valence-corrected chi connectivity index (χ1v) is 5.67. The van der Waals surface area contributed by atoms with Crippen molar-refractivity contribution in [1.29, 1.82) is 0 Å². The van der Waals surface area contributed by atoms with Gasteiger partial charge in [-0.1, -0.05) is 15.9 Å². The minimum atomic E-state index is -4.58. The van der Waals surface area contributed by atoms with E-state index in [0.29, 0.717) is 4.47 Å². The lowest BCUT2D eigenvalue weighted by Crippen LogP contribution is -2.14. The third-order valence-electron chi connectivity index (χ3n) is 2.32. The van der Waals surface area contributed by atoms with Gasteiger partial charge in [0.1, 0.15) is 5.69 Å². The number of alkyl halides is 3. The molecule has 0 saturated heterocycles. The van der Waals surface area contributed by atoms with Crippen LogP contribution in [0.2, 0.25) is 0 Å². The molecule has 0 fully saturated rings. The first-order chi connectivity index (χ1) is 8.80. The number of nitrogens with zero attached hydrogens (tertiary/aromatic N) is 2. The summed E-state index contributed by atoms with van der Waals surface area (Å²) in [6.07, 6.45) is -4.58. The van der Waals surface area contributed by atoms with Crippen LogP contribution in [0.3, 0.4) is 0 Å². The Morgan fingerprint density at radius 2 is 2.00 bits per heavy atom. The molecule has 0 aliphatic rings. The summed E-state index contributed by atoms with van der Waals surface area (Å²) in [5.74, 6) is -0.961. The Bertz CT molecular complexity index is 638. The van der Waals surface area contributed by atoms with Crippen LogP contribution < -0.4 is 5.73 Å². The Hall–Kier alpha value is -1.90. The van der Waals surface area contributed by atoms with Gasteiger partial charge in [-0.15, -0.1) is 0 Å². The minimum absolute atomic E-state index is 0.235. The molecule has 0 aliphatic carbocycles.